The molecule has 3 rings (SSSR count). The molecule has 98 valence electrons. The number of rotatable bonds is 3. The van der Waals surface area contributed by atoms with Crippen molar-refractivity contribution in [3.8, 4) is 0 Å². The van der Waals surface area contributed by atoms with Gasteiger partial charge in [0.05, 0.1) is 11.7 Å². The largest absolute Gasteiger partial charge is 0.326 e. The second-order valence-electron chi connectivity index (χ2n) is 5.11. The predicted molar refractivity (Wildman–Crippen MR) is 76.4 cm³/mol. The Morgan fingerprint density at radius 2 is 1.89 bits per heavy atom. The van der Waals surface area contributed by atoms with Gasteiger partial charge >= 0.3 is 0 Å². The molecule has 0 aliphatic carbocycles. The number of pyridine rings is 1. The number of nitrogens with zero attached hydrogens (tertiary/aromatic N) is 2. The van der Waals surface area contributed by atoms with Crippen LogP contribution in [0.5, 0.6) is 0 Å². The van der Waals surface area contributed by atoms with Crippen molar-refractivity contribution >= 4 is 0 Å². The van der Waals surface area contributed by atoms with Crippen molar-refractivity contribution in [2.75, 3.05) is 6.54 Å². The summed E-state index contributed by atoms with van der Waals surface area (Å²) < 4.78 is 0. The minimum atomic E-state index is 0.179. The second kappa shape index (κ2) is 5.51. The van der Waals surface area contributed by atoms with Crippen molar-refractivity contribution in [3.63, 3.8) is 0 Å². The van der Waals surface area contributed by atoms with E-state index in [-0.39, 0.29) is 12.1 Å². The highest BCUT2D eigenvalue weighted by Gasteiger charge is 2.33. The third-order valence-electron chi connectivity index (χ3n) is 3.77. The second-order valence-corrected chi connectivity index (χ2v) is 5.11. The zero-order chi connectivity index (χ0) is 13.1. The molecule has 2 N–H and O–H groups in total. The molecule has 0 bridgehead atoms. The molecule has 2 aromatic rings. The SMILES string of the molecule is NC1CCN(Cc2ccccc2)C1c1ccccn1. The zero-order valence-corrected chi connectivity index (χ0v) is 10.9. The van der Waals surface area contributed by atoms with Gasteiger partial charge in [0, 0.05) is 25.3 Å². The molecule has 1 fully saturated rings. The Hall–Kier alpha value is -1.71. The van der Waals surface area contributed by atoms with Crippen LogP contribution in [0, 0.1) is 0 Å². The lowest BCUT2D eigenvalue weighted by Gasteiger charge is -2.26. The van der Waals surface area contributed by atoms with Gasteiger partial charge in [-0.15, -0.1) is 0 Å². The summed E-state index contributed by atoms with van der Waals surface area (Å²) in [7, 11) is 0. The fraction of sp³-hybridized carbons (Fsp3) is 0.312. The van der Waals surface area contributed by atoms with E-state index in [0.717, 1.165) is 25.2 Å². The number of hydrogen-bond donors (Lipinski definition) is 1. The van der Waals surface area contributed by atoms with E-state index in [1.54, 1.807) is 0 Å². The Kier molecular flexibility index (Phi) is 3.58. The first-order chi connectivity index (χ1) is 9.34. The van der Waals surface area contributed by atoms with Gasteiger partial charge in [0.25, 0.3) is 0 Å². The van der Waals surface area contributed by atoms with Crippen molar-refractivity contribution in [1.29, 1.82) is 0 Å². The van der Waals surface area contributed by atoms with E-state index in [4.69, 9.17) is 5.73 Å². The Balaban J connectivity index is 1.81. The third-order valence-corrected chi connectivity index (χ3v) is 3.77. The lowest BCUT2D eigenvalue weighted by Crippen LogP contribution is -2.32. The quantitative estimate of drug-likeness (QED) is 0.913. The van der Waals surface area contributed by atoms with E-state index in [1.165, 1.54) is 5.56 Å². The monoisotopic (exact) mass is 253 g/mol. The fourth-order valence-electron chi connectivity index (χ4n) is 2.84. The highest BCUT2D eigenvalue weighted by molar-refractivity contribution is 5.18. The molecule has 2 atom stereocenters. The molecule has 0 saturated carbocycles. The van der Waals surface area contributed by atoms with Crippen molar-refractivity contribution in [2.45, 2.75) is 25.0 Å². The van der Waals surface area contributed by atoms with Gasteiger partial charge in [0.1, 0.15) is 0 Å². The number of likely N-dealkylation sites (tertiary alicyclic amines) is 1. The summed E-state index contributed by atoms with van der Waals surface area (Å²) in [6.45, 7) is 1.98. The van der Waals surface area contributed by atoms with Crippen LogP contribution in [-0.2, 0) is 6.54 Å². The fourth-order valence-corrected chi connectivity index (χ4v) is 2.84. The molecule has 1 aromatic carbocycles. The number of nitrogens with two attached hydrogens (primary N) is 1. The van der Waals surface area contributed by atoms with Gasteiger partial charge in [-0.2, -0.15) is 0 Å². The molecule has 2 heterocycles. The van der Waals surface area contributed by atoms with Gasteiger partial charge in [0.15, 0.2) is 0 Å². The summed E-state index contributed by atoms with van der Waals surface area (Å²) >= 11 is 0. The van der Waals surface area contributed by atoms with E-state index in [0.29, 0.717) is 0 Å². The number of hydrogen-bond acceptors (Lipinski definition) is 3. The van der Waals surface area contributed by atoms with E-state index in [9.17, 15) is 0 Å². The highest BCUT2D eigenvalue weighted by Crippen LogP contribution is 2.31. The molecule has 0 amide bonds. The molecular formula is C16H19N3. The average Bonchev–Trinajstić information content (AvgIpc) is 2.82. The smallest absolute Gasteiger partial charge is 0.0677 e. The summed E-state index contributed by atoms with van der Waals surface area (Å²) in [5.74, 6) is 0. The van der Waals surface area contributed by atoms with Crippen LogP contribution < -0.4 is 5.73 Å². The maximum Gasteiger partial charge on any atom is 0.0677 e. The number of benzene rings is 1. The van der Waals surface area contributed by atoms with Gasteiger partial charge in [-0.3, -0.25) is 9.88 Å². The predicted octanol–water partition coefficient (Wildman–Crippen LogP) is 2.36. The van der Waals surface area contributed by atoms with Crippen molar-refractivity contribution < 1.29 is 0 Å². The molecule has 2 unspecified atom stereocenters. The van der Waals surface area contributed by atoms with Gasteiger partial charge in [0.2, 0.25) is 0 Å². The van der Waals surface area contributed by atoms with E-state index >= 15 is 0 Å². The lowest BCUT2D eigenvalue weighted by molar-refractivity contribution is 0.235. The standard InChI is InChI=1S/C16H19N3/c17-14-9-11-19(12-13-6-2-1-3-7-13)16(14)15-8-4-5-10-18-15/h1-8,10,14,16H,9,11-12,17H2. The zero-order valence-electron chi connectivity index (χ0n) is 10.9. The molecule has 1 aliphatic heterocycles. The highest BCUT2D eigenvalue weighted by atomic mass is 15.2. The Bertz CT molecular complexity index is 512. The van der Waals surface area contributed by atoms with E-state index in [2.05, 4.69) is 46.3 Å². The molecule has 0 radical (unpaired) electrons. The summed E-state index contributed by atoms with van der Waals surface area (Å²) in [5.41, 5.74) is 8.69. The third kappa shape index (κ3) is 2.67. The Morgan fingerprint density at radius 1 is 1.11 bits per heavy atom. The van der Waals surface area contributed by atoms with Gasteiger partial charge in [-0.05, 0) is 24.1 Å². The first-order valence-corrected chi connectivity index (χ1v) is 6.79. The molecule has 19 heavy (non-hydrogen) atoms. The van der Waals surface area contributed by atoms with Crippen LogP contribution in [0.25, 0.3) is 0 Å². The van der Waals surface area contributed by atoms with Crippen molar-refractivity contribution in [3.05, 3.63) is 66.0 Å². The van der Waals surface area contributed by atoms with Gasteiger partial charge in [-0.25, -0.2) is 0 Å². The summed E-state index contributed by atoms with van der Waals surface area (Å²) in [4.78, 5) is 6.91. The summed E-state index contributed by atoms with van der Waals surface area (Å²) in [6, 6.07) is 17.0. The maximum atomic E-state index is 6.27. The van der Waals surface area contributed by atoms with Crippen LogP contribution in [0.4, 0.5) is 0 Å². The van der Waals surface area contributed by atoms with Crippen molar-refractivity contribution in [2.24, 2.45) is 5.73 Å². The van der Waals surface area contributed by atoms with E-state index in [1.807, 2.05) is 18.3 Å². The van der Waals surface area contributed by atoms with Gasteiger partial charge < -0.3 is 5.73 Å². The molecule has 0 spiro atoms. The van der Waals surface area contributed by atoms with Crippen molar-refractivity contribution in [1.82, 2.24) is 9.88 Å². The maximum absolute atomic E-state index is 6.27. The van der Waals surface area contributed by atoms with Crippen LogP contribution >= 0.6 is 0 Å². The Morgan fingerprint density at radius 3 is 2.63 bits per heavy atom. The average molecular weight is 253 g/mol. The minimum Gasteiger partial charge on any atom is -0.326 e. The Labute approximate surface area is 114 Å². The lowest BCUT2D eigenvalue weighted by atomic mass is 10.1. The van der Waals surface area contributed by atoms with Gasteiger partial charge in [-0.1, -0.05) is 36.4 Å². The normalized spacial score (nSPS) is 23.6. The van der Waals surface area contributed by atoms with Crippen LogP contribution in [0.1, 0.15) is 23.7 Å². The first-order valence-electron chi connectivity index (χ1n) is 6.79. The molecule has 3 nitrogen and oxygen atoms in total. The molecule has 1 saturated heterocycles. The topological polar surface area (TPSA) is 42.1 Å². The molecule has 1 aromatic heterocycles. The molecule has 3 heteroatoms. The van der Waals surface area contributed by atoms with Crippen LogP contribution in [0.2, 0.25) is 0 Å². The number of aromatic nitrogens is 1. The molecular weight excluding hydrogens is 234 g/mol. The molecule has 1 aliphatic rings. The van der Waals surface area contributed by atoms with Crippen LogP contribution in [-0.4, -0.2) is 22.5 Å². The van der Waals surface area contributed by atoms with Crippen LogP contribution in [0.15, 0.2) is 54.7 Å². The summed E-state index contributed by atoms with van der Waals surface area (Å²) in [6.07, 6.45) is 2.88. The minimum absolute atomic E-state index is 0.179. The van der Waals surface area contributed by atoms with Crippen LogP contribution in [0.3, 0.4) is 0 Å². The first kappa shape index (κ1) is 12.3. The van der Waals surface area contributed by atoms with E-state index < -0.39 is 0 Å². The summed E-state index contributed by atoms with van der Waals surface area (Å²) in [5, 5.41) is 0.